The summed E-state index contributed by atoms with van der Waals surface area (Å²) in [4.78, 5) is 2.88. The van der Waals surface area contributed by atoms with E-state index in [9.17, 15) is 5.11 Å². The summed E-state index contributed by atoms with van der Waals surface area (Å²) in [6.45, 7) is 6.32. The van der Waals surface area contributed by atoms with Gasteiger partial charge in [0.1, 0.15) is 57.7 Å². The Balaban J connectivity index is 1.41. The molecule has 1 fully saturated rings. The minimum Gasteiger partial charge on any atom is -0.491 e. The van der Waals surface area contributed by atoms with Crippen molar-refractivity contribution in [3.8, 4) is 16.9 Å². The summed E-state index contributed by atoms with van der Waals surface area (Å²) in [5.41, 5.74) is 2.34. The summed E-state index contributed by atoms with van der Waals surface area (Å²) in [6, 6.07) is 18.3. The van der Waals surface area contributed by atoms with Crippen LogP contribution in [0.5, 0.6) is 5.75 Å². The predicted octanol–water partition coefficient (Wildman–Crippen LogP) is -1.13. The number of ether oxygens (including phenoxy) is 1. The van der Waals surface area contributed by atoms with Crippen LogP contribution in [0.25, 0.3) is 11.1 Å². The smallest absolute Gasteiger partial charge is 0.137 e. The maximum atomic E-state index is 10.3. The van der Waals surface area contributed by atoms with E-state index in [2.05, 4.69) is 12.1 Å². The molecule has 2 aromatic rings. The van der Waals surface area contributed by atoms with E-state index in [0.29, 0.717) is 13.2 Å². The lowest BCUT2D eigenvalue weighted by molar-refractivity contribution is -1.01. The highest BCUT2D eigenvalue weighted by Crippen LogP contribution is 2.22. The van der Waals surface area contributed by atoms with Crippen molar-refractivity contribution in [1.82, 2.24) is 0 Å². The Labute approximate surface area is 155 Å². The molecule has 0 amide bonds. The van der Waals surface area contributed by atoms with Crippen LogP contribution in [0.15, 0.2) is 54.6 Å². The number of hydrogen-bond acceptors (Lipinski definition) is 3. The van der Waals surface area contributed by atoms with Gasteiger partial charge in [-0.3, -0.25) is 0 Å². The lowest BCUT2D eigenvalue weighted by atomic mass is 10.1. The van der Waals surface area contributed by atoms with Gasteiger partial charge in [-0.15, -0.1) is 0 Å². The van der Waals surface area contributed by atoms with Gasteiger partial charge in [-0.05, 0) is 23.3 Å². The van der Waals surface area contributed by atoms with Gasteiger partial charge in [0.05, 0.1) is 6.61 Å². The van der Waals surface area contributed by atoms with Gasteiger partial charge in [-0.25, -0.2) is 0 Å². The Morgan fingerprint density at radius 1 is 0.846 bits per heavy atom. The van der Waals surface area contributed by atoms with Crippen molar-refractivity contribution < 1.29 is 24.7 Å². The summed E-state index contributed by atoms with van der Waals surface area (Å²) in [5.74, 6) is 0.788. The first-order valence-corrected chi connectivity index (χ1v) is 9.49. The molecule has 1 saturated heterocycles. The Bertz CT molecular complexity index is 640. The van der Waals surface area contributed by atoms with E-state index < -0.39 is 6.10 Å². The number of quaternary nitrogens is 2. The zero-order valence-corrected chi connectivity index (χ0v) is 15.2. The lowest BCUT2D eigenvalue weighted by Crippen LogP contribution is -3.28. The minimum absolute atomic E-state index is 0.254. The zero-order chi connectivity index (χ0) is 18.2. The summed E-state index contributed by atoms with van der Waals surface area (Å²) in [7, 11) is 0. The monoisotopic (exact) mass is 358 g/mol. The molecule has 0 saturated carbocycles. The molecule has 0 aliphatic carbocycles. The Morgan fingerprint density at radius 3 is 2.12 bits per heavy atom. The summed E-state index contributed by atoms with van der Waals surface area (Å²) in [6.07, 6.45) is -0.460. The standard InChI is InChI=1S/C21H28N2O3/c24-15-14-22-10-12-23(13-11-22)16-20(25)17-26-21-8-6-19(7-9-21)18-4-2-1-3-5-18/h1-9,20,24-25H,10-17H2/p+2/t20-/m1/s1. The van der Waals surface area contributed by atoms with E-state index in [1.807, 2.05) is 42.5 Å². The first kappa shape index (κ1) is 18.9. The second-order valence-electron chi connectivity index (χ2n) is 7.03. The van der Waals surface area contributed by atoms with Crippen LogP contribution < -0.4 is 14.5 Å². The first-order chi connectivity index (χ1) is 12.7. The molecule has 1 aliphatic heterocycles. The fourth-order valence-electron chi connectivity index (χ4n) is 3.53. The quantitative estimate of drug-likeness (QED) is 0.483. The molecule has 1 atom stereocenters. The number of aliphatic hydroxyl groups excluding tert-OH is 2. The predicted molar refractivity (Wildman–Crippen MR) is 102 cm³/mol. The molecule has 2 aromatic carbocycles. The van der Waals surface area contributed by atoms with Gasteiger partial charge in [-0.2, -0.15) is 0 Å². The van der Waals surface area contributed by atoms with Crippen molar-refractivity contribution in [3.05, 3.63) is 54.6 Å². The molecular weight excluding hydrogens is 328 g/mol. The summed E-state index contributed by atoms with van der Waals surface area (Å²) >= 11 is 0. The van der Waals surface area contributed by atoms with Crippen LogP contribution in [-0.4, -0.2) is 68.8 Å². The molecule has 5 heteroatoms. The molecule has 0 spiro atoms. The maximum Gasteiger partial charge on any atom is 0.137 e. The van der Waals surface area contributed by atoms with E-state index in [-0.39, 0.29) is 6.61 Å². The Hall–Kier alpha value is -1.92. The SMILES string of the molecule is OCC[NH+]1CC[NH+](C[C@@H](O)COc2ccc(-c3ccccc3)cc2)CC1. The summed E-state index contributed by atoms with van der Waals surface area (Å²) < 4.78 is 5.76. The molecule has 0 aromatic heterocycles. The van der Waals surface area contributed by atoms with E-state index in [4.69, 9.17) is 9.84 Å². The molecule has 0 unspecified atom stereocenters. The van der Waals surface area contributed by atoms with Gasteiger partial charge in [0.2, 0.25) is 0 Å². The number of piperazine rings is 1. The lowest BCUT2D eigenvalue weighted by Gasteiger charge is -2.30. The molecule has 0 bridgehead atoms. The van der Waals surface area contributed by atoms with Gasteiger partial charge in [0.25, 0.3) is 0 Å². The van der Waals surface area contributed by atoms with E-state index in [0.717, 1.165) is 44.0 Å². The van der Waals surface area contributed by atoms with E-state index in [1.54, 1.807) is 0 Å². The fraction of sp³-hybridized carbons (Fsp3) is 0.429. The van der Waals surface area contributed by atoms with Crippen LogP contribution in [0.2, 0.25) is 0 Å². The zero-order valence-electron chi connectivity index (χ0n) is 15.2. The van der Waals surface area contributed by atoms with Crippen LogP contribution in [0.3, 0.4) is 0 Å². The Kier molecular flexibility index (Phi) is 7.03. The highest BCUT2D eigenvalue weighted by Gasteiger charge is 2.24. The van der Waals surface area contributed by atoms with Gasteiger partial charge < -0.3 is 24.7 Å². The van der Waals surface area contributed by atoms with Gasteiger partial charge >= 0.3 is 0 Å². The topological polar surface area (TPSA) is 58.6 Å². The molecular formula is C21H30N2O3+2. The van der Waals surface area contributed by atoms with Crippen LogP contribution >= 0.6 is 0 Å². The molecule has 1 heterocycles. The summed E-state index contributed by atoms with van der Waals surface area (Å²) in [5, 5.41) is 19.3. The van der Waals surface area contributed by atoms with Gasteiger partial charge in [0, 0.05) is 0 Å². The number of rotatable bonds is 8. The fourth-order valence-corrected chi connectivity index (χ4v) is 3.53. The molecule has 3 rings (SSSR count). The van der Waals surface area contributed by atoms with Crippen molar-refractivity contribution in [2.75, 3.05) is 52.5 Å². The van der Waals surface area contributed by atoms with Crippen LogP contribution in [0.1, 0.15) is 0 Å². The third kappa shape index (κ3) is 5.54. The second kappa shape index (κ2) is 9.69. The van der Waals surface area contributed by atoms with E-state index >= 15 is 0 Å². The van der Waals surface area contributed by atoms with Crippen LogP contribution in [0, 0.1) is 0 Å². The first-order valence-electron chi connectivity index (χ1n) is 9.49. The number of hydrogen-bond donors (Lipinski definition) is 4. The van der Waals surface area contributed by atoms with Crippen molar-refractivity contribution in [3.63, 3.8) is 0 Å². The second-order valence-corrected chi connectivity index (χ2v) is 7.03. The number of aliphatic hydroxyl groups is 2. The van der Waals surface area contributed by atoms with Crippen molar-refractivity contribution in [1.29, 1.82) is 0 Å². The van der Waals surface area contributed by atoms with Crippen molar-refractivity contribution in [2.24, 2.45) is 0 Å². The average molecular weight is 358 g/mol. The molecule has 0 radical (unpaired) electrons. The largest absolute Gasteiger partial charge is 0.491 e. The highest BCUT2D eigenvalue weighted by molar-refractivity contribution is 5.63. The number of benzene rings is 2. The maximum absolute atomic E-state index is 10.3. The third-order valence-electron chi connectivity index (χ3n) is 5.06. The van der Waals surface area contributed by atoms with E-state index in [1.165, 1.54) is 15.4 Å². The molecule has 26 heavy (non-hydrogen) atoms. The molecule has 4 N–H and O–H groups in total. The van der Waals surface area contributed by atoms with Gasteiger partial charge in [-0.1, -0.05) is 42.5 Å². The van der Waals surface area contributed by atoms with Crippen LogP contribution in [0.4, 0.5) is 0 Å². The average Bonchev–Trinajstić information content (AvgIpc) is 2.69. The van der Waals surface area contributed by atoms with Crippen molar-refractivity contribution >= 4 is 0 Å². The normalized spacial score (nSPS) is 21.3. The van der Waals surface area contributed by atoms with Crippen molar-refractivity contribution in [2.45, 2.75) is 6.10 Å². The minimum atomic E-state index is -0.460. The van der Waals surface area contributed by atoms with Gasteiger partial charge in [0.15, 0.2) is 0 Å². The molecule has 140 valence electrons. The number of nitrogens with one attached hydrogen (secondary N) is 2. The van der Waals surface area contributed by atoms with Crippen LogP contribution in [-0.2, 0) is 0 Å². The Morgan fingerprint density at radius 2 is 1.46 bits per heavy atom. The third-order valence-corrected chi connectivity index (χ3v) is 5.06. The molecule has 1 aliphatic rings. The molecule has 5 nitrogen and oxygen atoms in total. The highest BCUT2D eigenvalue weighted by atomic mass is 16.5.